The number of hydrogen-bond donors (Lipinski definition) is 0. The van der Waals surface area contributed by atoms with E-state index in [4.69, 9.17) is 0 Å². The van der Waals surface area contributed by atoms with Crippen LogP contribution >= 0.6 is 0 Å². The van der Waals surface area contributed by atoms with E-state index in [0.29, 0.717) is 24.7 Å². The van der Waals surface area contributed by atoms with Crippen molar-refractivity contribution in [3.8, 4) is 5.75 Å². The summed E-state index contributed by atoms with van der Waals surface area (Å²) < 4.78 is 103. The van der Waals surface area contributed by atoms with E-state index in [9.17, 15) is 30.7 Å². The van der Waals surface area contributed by atoms with Gasteiger partial charge in [0, 0.05) is 12.1 Å². The Morgan fingerprint density at radius 1 is 0.789 bits per heavy atom. The molecule has 0 aromatic heterocycles. The van der Waals surface area contributed by atoms with Crippen molar-refractivity contribution < 1.29 is 35.5 Å². The Kier molecular flexibility index (Phi) is 9.09. The van der Waals surface area contributed by atoms with E-state index in [-0.39, 0.29) is 23.6 Å². The average molecular weight is 543 g/mol. The number of allylic oxidation sites excluding steroid dienone is 2. The number of benzene rings is 2. The van der Waals surface area contributed by atoms with Crippen molar-refractivity contribution in [3.63, 3.8) is 0 Å². The second kappa shape index (κ2) is 12.1. The molecule has 2 fully saturated rings. The van der Waals surface area contributed by atoms with E-state index in [2.05, 4.69) is 16.9 Å². The van der Waals surface area contributed by atoms with Crippen LogP contribution in [0.1, 0.15) is 88.2 Å². The van der Waals surface area contributed by atoms with Gasteiger partial charge in [0.15, 0.2) is 29.1 Å². The Morgan fingerprint density at radius 2 is 1.37 bits per heavy atom. The van der Waals surface area contributed by atoms with Gasteiger partial charge in [-0.1, -0.05) is 31.1 Å². The van der Waals surface area contributed by atoms with Crippen LogP contribution in [0.2, 0.25) is 0 Å². The van der Waals surface area contributed by atoms with Gasteiger partial charge in [-0.15, -0.1) is 0 Å². The lowest BCUT2D eigenvalue weighted by Crippen LogP contribution is -2.26. The molecule has 1 nitrogen and oxygen atoms in total. The van der Waals surface area contributed by atoms with Crippen LogP contribution in [-0.2, 0) is 6.11 Å². The van der Waals surface area contributed by atoms with Crippen LogP contribution in [-0.4, -0.2) is 0 Å². The maximum atomic E-state index is 15.0. The lowest BCUT2D eigenvalue weighted by molar-refractivity contribution is -0.188. The molecule has 208 valence electrons. The fourth-order valence-corrected chi connectivity index (χ4v) is 6.25. The summed E-state index contributed by atoms with van der Waals surface area (Å²) in [5.74, 6) is -7.85. The molecule has 2 aliphatic rings. The Hall–Kier alpha value is -2.51. The van der Waals surface area contributed by atoms with Gasteiger partial charge < -0.3 is 4.74 Å². The van der Waals surface area contributed by atoms with Gasteiger partial charge in [0.05, 0.1) is 0 Å². The second-order valence-corrected chi connectivity index (χ2v) is 10.7. The van der Waals surface area contributed by atoms with Crippen molar-refractivity contribution in [1.29, 1.82) is 0 Å². The first-order valence-corrected chi connectivity index (χ1v) is 13.4. The predicted molar refractivity (Wildman–Crippen MR) is 131 cm³/mol. The molecular weight excluding hydrogens is 509 g/mol. The molecular formula is C30H33F7O. The first-order valence-electron chi connectivity index (χ1n) is 13.4. The number of ether oxygens (including phenoxy) is 1. The van der Waals surface area contributed by atoms with Gasteiger partial charge in [0.1, 0.15) is 11.3 Å². The first-order chi connectivity index (χ1) is 18.1. The Labute approximate surface area is 219 Å². The quantitative estimate of drug-likeness (QED) is 0.183. The Morgan fingerprint density at radius 3 is 1.95 bits per heavy atom. The molecule has 0 heterocycles. The van der Waals surface area contributed by atoms with Crippen molar-refractivity contribution in [2.24, 2.45) is 17.8 Å². The van der Waals surface area contributed by atoms with Gasteiger partial charge in [-0.25, -0.2) is 22.0 Å². The molecule has 0 spiro atoms. The highest BCUT2D eigenvalue weighted by Gasteiger charge is 2.41. The lowest BCUT2D eigenvalue weighted by atomic mass is 9.68. The zero-order valence-corrected chi connectivity index (χ0v) is 21.4. The molecule has 0 amide bonds. The minimum atomic E-state index is -4.44. The molecule has 2 aromatic rings. The number of hydrogen-bond acceptors (Lipinski definition) is 1. The Balaban J connectivity index is 1.37. The molecule has 0 radical (unpaired) electrons. The summed E-state index contributed by atoms with van der Waals surface area (Å²) in [5, 5.41) is 0. The maximum Gasteiger partial charge on any atom is 0.429 e. The highest BCUT2D eigenvalue weighted by atomic mass is 19.3. The second-order valence-electron chi connectivity index (χ2n) is 10.7. The van der Waals surface area contributed by atoms with E-state index in [1.165, 1.54) is 32.1 Å². The van der Waals surface area contributed by atoms with Gasteiger partial charge in [0.2, 0.25) is 0 Å². The topological polar surface area (TPSA) is 9.23 Å². The third-order valence-electron chi connectivity index (χ3n) is 8.38. The van der Waals surface area contributed by atoms with E-state index >= 15 is 0 Å². The summed E-state index contributed by atoms with van der Waals surface area (Å²) in [7, 11) is 0. The van der Waals surface area contributed by atoms with Crippen LogP contribution < -0.4 is 4.74 Å². The molecule has 2 saturated carbocycles. The van der Waals surface area contributed by atoms with Crippen molar-refractivity contribution in [2.45, 2.75) is 83.2 Å². The molecule has 0 saturated heterocycles. The predicted octanol–water partition coefficient (Wildman–Crippen LogP) is 9.95. The van der Waals surface area contributed by atoms with Crippen LogP contribution in [0.5, 0.6) is 5.75 Å². The fraction of sp³-hybridized carbons (Fsp3) is 0.533. The summed E-state index contributed by atoms with van der Waals surface area (Å²) >= 11 is 0. The summed E-state index contributed by atoms with van der Waals surface area (Å²) in [5.41, 5.74) is -1.35. The molecule has 0 aliphatic heterocycles. The van der Waals surface area contributed by atoms with Gasteiger partial charge in [-0.05, 0) is 93.6 Å². The minimum absolute atomic E-state index is 0.0482. The van der Waals surface area contributed by atoms with Crippen molar-refractivity contribution in [3.05, 3.63) is 76.6 Å². The fourth-order valence-electron chi connectivity index (χ4n) is 6.25. The summed E-state index contributed by atoms with van der Waals surface area (Å²) in [6.07, 6.45) is 10.2. The summed E-state index contributed by atoms with van der Waals surface area (Å²) in [4.78, 5) is 0. The number of rotatable bonds is 8. The Bertz CT molecular complexity index is 1110. The highest BCUT2D eigenvalue weighted by molar-refractivity contribution is 5.33. The standard InChI is InChI=1S/C30H33F7O/c1-2-3-4-5-18-6-8-19(9-7-18)20-10-12-21(13-11-20)23-14-15-24(28(34)27(23)33)30(36,37)38-22-16-25(31)29(35)26(32)17-22/h2-3,14-21H,4-13H2,1H3/b3-2+. The molecule has 2 aromatic carbocycles. The normalized spacial score (nSPS) is 24.6. The molecule has 2 aliphatic carbocycles. The summed E-state index contributed by atoms with van der Waals surface area (Å²) in [6, 6.07) is 2.30. The van der Waals surface area contributed by atoms with Crippen molar-refractivity contribution in [2.75, 3.05) is 0 Å². The minimum Gasteiger partial charge on any atom is -0.429 e. The lowest BCUT2D eigenvalue weighted by Gasteiger charge is -2.38. The van der Waals surface area contributed by atoms with Gasteiger partial charge in [0.25, 0.3) is 0 Å². The van der Waals surface area contributed by atoms with Crippen molar-refractivity contribution in [1.82, 2.24) is 0 Å². The molecule has 0 atom stereocenters. The van der Waals surface area contributed by atoms with Gasteiger partial charge in [-0.2, -0.15) is 8.78 Å². The highest BCUT2D eigenvalue weighted by Crippen LogP contribution is 2.46. The van der Waals surface area contributed by atoms with Crippen molar-refractivity contribution >= 4 is 0 Å². The SMILES string of the molecule is C/C=C/CCC1CCC(C2CCC(c3ccc(C(F)(F)Oc4cc(F)c(F)c(F)c4)c(F)c3F)CC2)CC1. The van der Waals surface area contributed by atoms with Crippen LogP contribution in [0.3, 0.4) is 0 Å². The van der Waals surface area contributed by atoms with Gasteiger partial charge >= 0.3 is 6.11 Å². The van der Waals surface area contributed by atoms with E-state index in [0.717, 1.165) is 37.3 Å². The molecule has 38 heavy (non-hydrogen) atoms. The average Bonchev–Trinajstić information content (AvgIpc) is 2.89. The smallest absolute Gasteiger partial charge is 0.429 e. The summed E-state index contributed by atoms with van der Waals surface area (Å²) in [6.45, 7) is 2.04. The molecule has 4 rings (SSSR count). The van der Waals surface area contributed by atoms with E-state index < -0.39 is 46.5 Å². The number of halogens is 7. The maximum absolute atomic E-state index is 15.0. The van der Waals surface area contributed by atoms with Crippen LogP contribution in [0, 0.1) is 46.8 Å². The van der Waals surface area contributed by atoms with E-state index in [1.807, 2.05) is 6.92 Å². The third kappa shape index (κ3) is 6.37. The zero-order chi connectivity index (χ0) is 27.4. The van der Waals surface area contributed by atoms with Crippen LogP contribution in [0.15, 0.2) is 36.4 Å². The molecule has 0 N–H and O–H groups in total. The molecule has 0 bridgehead atoms. The van der Waals surface area contributed by atoms with E-state index in [1.54, 1.807) is 0 Å². The first kappa shape index (κ1) is 28.5. The van der Waals surface area contributed by atoms with Gasteiger partial charge in [-0.3, -0.25) is 0 Å². The van der Waals surface area contributed by atoms with Crippen LogP contribution in [0.4, 0.5) is 30.7 Å². The largest absolute Gasteiger partial charge is 0.429 e. The molecule has 0 unspecified atom stereocenters. The van der Waals surface area contributed by atoms with Crippen LogP contribution in [0.25, 0.3) is 0 Å². The zero-order valence-electron chi connectivity index (χ0n) is 21.4. The monoisotopic (exact) mass is 542 g/mol. The molecule has 8 heteroatoms. The number of alkyl halides is 2. The third-order valence-corrected chi connectivity index (χ3v) is 8.38.